The number of hydrogen-bond acceptors (Lipinski definition) is 0. The Kier molecular flexibility index (Phi) is 4.91. The maximum Gasteiger partial charge on any atom is -0.00201 e. The smallest absolute Gasteiger partial charge is 0.00201 e. The molecule has 0 nitrogen and oxygen atoms in total. The van der Waals surface area contributed by atoms with E-state index in [2.05, 4.69) is 136 Å². The van der Waals surface area contributed by atoms with Crippen molar-refractivity contribution in [1.82, 2.24) is 0 Å². The van der Waals surface area contributed by atoms with Crippen molar-refractivity contribution in [2.75, 3.05) is 0 Å². The Balaban J connectivity index is 1.30. The molecule has 0 aromatic heterocycles. The third-order valence-electron chi connectivity index (χ3n) is 7.96. The Morgan fingerprint density at radius 3 is 1.62 bits per heavy atom. The second-order valence-electron chi connectivity index (χ2n) is 10.4. The fourth-order valence-electron chi connectivity index (χ4n) is 6.11. The molecular formula is C37H28. The average Bonchev–Trinajstić information content (AvgIpc) is 3.25. The zero-order valence-electron chi connectivity index (χ0n) is 21.5. The van der Waals surface area contributed by atoms with Gasteiger partial charge in [0.1, 0.15) is 0 Å². The molecule has 0 atom stereocenters. The Morgan fingerprint density at radius 1 is 0.351 bits per heavy atom. The Hall–Kier alpha value is -4.42. The summed E-state index contributed by atoms with van der Waals surface area (Å²) >= 11 is 0. The van der Waals surface area contributed by atoms with Crippen LogP contribution in [0.25, 0.3) is 66.4 Å². The normalized spacial score (nSPS) is 11.6. The van der Waals surface area contributed by atoms with E-state index in [1.54, 1.807) is 0 Å². The second kappa shape index (κ2) is 8.32. The van der Waals surface area contributed by atoms with Gasteiger partial charge in [-0.2, -0.15) is 0 Å². The molecule has 0 fully saturated rings. The summed E-state index contributed by atoms with van der Waals surface area (Å²) in [6.45, 7) is 6.61. The first-order valence-corrected chi connectivity index (χ1v) is 13.0. The van der Waals surface area contributed by atoms with E-state index in [0.29, 0.717) is 0 Å². The Labute approximate surface area is 218 Å². The van der Waals surface area contributed by atoms with Gasteiger partial charge >= 0.3 is 0 Å². The summed E-state index contributed by atoms with van der Waals surface area (Å²) < 4.78 is 0. The minimum atomic E-state index is 1.26. The quantitative estimate of drug-likeness (QED) is 0.240. The zero-order valence-corrected chi connectivity index (χ0v) is 21.5. The van der Waals surface area contributed by atoms with Gasteiger partial charge in [0.2, 0.25) is 0 Å². The molecule has 0 heterocycles. The minimum absolute atomic E-state index is 1.26. The van der Waals surface area contributed by atoms with Gasteiger partial charge in [0.25, 0.3) is 0 Å². The Morgan fingerprint density at radius 2 is 0.919 bits per heavy atom. The van der Waals surface area contributed by atoms with Gasteiger partial charge in [0, 0.05) is 0 Å². The molecule has 0 N–H and O–H groups in total. The maximum atomic E-state index is 2.34. The fourth-order valence-corrected chi connectivity index (χ4v) is 6.11. The van der Waals surface area contributed by atoms with Crippen molar-refractivity contribution in [1.29, 1.82) is 0 Å². The molecule has 0 radical (unpaired) electrons. The van der Waals surface area contributed by atoms with Gasteiger partial charge in [-0.25, -0.2) is 0 Å². The highest BCUT2D eigenvalue weighted by atomic mass is 14.3. The van der Waals surface area contributed by atoms with Crippen molar-refractivity contribution in [3.05, 3.63) is 132 Å². The van der Waals surface area contributed by atoms with Gasteiger partial charge in [-0.15, -0.1) is 0 Å². The first-order valence-electron chi connectivity index (χ1n) is 13.0. The molecule has 0 heteroatoms. The van der Waals surface area contributed by atoms with Crippen LogP contribution in [0.5, 0.6) is 0 Å². The van der Waals surface area contributed by atoms with Gasteiger partial charge in [-0.05, 0) is 98.3 Å². The van der Waals surface area contributed by atoms with Crippen molar-refractivity contribution in [3.8, 4) is 55.6 Å². The number of hydrogen-bond donors (Lipinski definition) is 0. The zero-order chi connectivity index (χ0) is 25.1. The molecule has 0 saturated carbocycles. The van der Waals surface area contributed by atoms with E-state index in [-0.39, 0.29) is 0 Å². The third kappa shape index (κ3) is 3.44. The number of aryl methyl sites for hydroxylation is 3. The number of rotatable bonds is 3. The predicted molar refractivity (Wildman–Crippen MR) is 159 cm³/mol. The molecule has 0 amide bonds. The van der Waals surface area contributed by atoms with Gasteiger partial charge < -0.3 is 0 Å². The highest BCUT2D eigenvalue weighted by Gasteiger charge is 2.22. The highest BCUT2D eigenvalue weighted by molar-refractivity contribution is 6.18. The van der Waals surface area contributed by atoms with Crippen molar-refractivity contribution < 1.29 is 0 Å². The fraction of sp³-hybridized carbons (Fsp3) is 0.0811. The molecular weight excluding hydrogens is 444 g/mol. The number of fused-ring (bicyclic) bond motifs is 3. The summed E-state index contributed by atoms with van der Waals surface area (Å²) in [5, 5.41) is 2.71. The lowest BCUT2D eigenvalue weighted by molar-refractivity contribution is 1.39. The molecule has 0 aliphatic heterocycles. The van der Waals surface area contributed by atoms with Crippen LogP contribution in [0, 0.1) is 20.8 Å². The summed E-state index contributed by atoms with van der Waals surface area (Å²) in [5.41, 5.74) is 17.0. The average molecular weight is 473 g/mol. The highest BCUT2D eigenvalue weighted by Crippen LogP contribution is 2.49. The van der Waals surface area contributed by atoms with Crippen LogP contribution in [0.1, 0.15) is 16.7 Å². The largest absolute Gasteiger partial charge is 0.0622 e. The summed E-state index contributed by atoms with van der Waals surface area (Å²) in [6, 6.07) is 42.7. The topological polar surface area (TPSA) is 0 Å². The van der Waals surface area contributed by atoms with E-state index < -0.39 is 0 Å². The lowest BCUT2D eigenvalue weighted by atomic mass is 9.90. The Bertz CT molecular complexity index is 1820. The van der Waals surface area contributed by atoms with Gasteiger partial charge in [-0.3, -0.25) is 0 Å². The van der Waals surface area contributed by atoms with E-state index in [9.17, 15) is 0 Å². The van der Waals surface area contributed by atoms with E-state index in [0.717, 1.165) is 0 Å². The maximum absolute atomic E-state index is 2.34. The van der Waals surface area contributed by atoms with Crippen LogP contribution < -0.4 is 0 Å². The monoisotopic (exact) mass is 472 g/mol. The molecule has 7 rings (SSSR count). The van der Waals surface area contributed by atoms with E-state index in [4.69, 9.17) is 0 Å². The summed E-state index contributed by atoms with van der Waals surface area (Å²) in [5.74, 6) is 0. The predicted octanol–water partition coefficient (Wildman–Crippen LogP) is 10.4. The second-order valence-corrected chi connectivity index (χ2v) is 10.4. The minimum Gasteiger partial charge on any atom is -0.0622 e. The first-order chi connectivity index (χ1) is 18.1. The van der Waals surface area contributed by atoms with Crippen molar-refractivity contribution in [3.63, 3.8) is 0 Å². The van der Waals surface area contributed by atoms with Crippen molar-refractivity contribution in [2.24, 2.45) is 0 Å². The van der Waals surface area contributed by atoms with Crippen LogP contribution in [0.4, 0.5) is 0 Å². The molecule has 1 aliphatic rings. The van der Waals surface area contributed by atoms with E-state index >= 15 is 0 Å². The molecule has 0 unspecified atom stereocenters. The van der Waals surface area contributed by atoms with E-state index in [1.165, 1.54) is 83.1 Å². The van der Waals surface area contributed by atoms with E-state index in [1.807, 2.05) is 0 Å². The molecule has 37 heavy (non-hydrogen) atoms. The summed E-state index contributed by atoms with van der Waals surface area (Å²) in [4.78, 5) is 0. The molecule has 0 bridgehead atoms. The van der Waals surface area contributed by atoms with Crippen LogP contribution in [-0.4, -0.2) is 0 Å². The lowest BCUT2D eigenvalue weighted by Gasteiger charge is -2.14. The van der Waals surface area contributed by atoms with Crippen LogP contribution in [0.3, 0.4) is 0 Å². The standard InChI is InChI=1S/C37H28/c1-23-12-17-30-33-19-18-29(31-10-7-11-32(37(31)33)36(30)20-23)27-13-15-28(16-14-27)35-22-24(2)34(21-25(35)3)26-8-5-4-6-9-26/h4-22H,1-3H3. The lowest BCUT2D eigenvalue weighted by Crippen LogP contribution is -1.90. The molecule has 0 saturated heterocycles. The molecule has 1 aliphatic carbocycles. The molecule has 6 aromatic carbocycles. The third-order valence-corrected chi connectivity index (χ3v) is 7.96. The summed E-state index contributed by atoms with van der Waals surface area (Å²) in [6.07, 6.45) is 0. The van der Waals surface area contributed by atoms with Crippen LogP contribution in [0.2, 0.25) is 0 Å². The molecule has 176 valence electrons. The molecule has 0 spiro atoms. The van der Waals surface area contributed by atoms with Gasteiger partial charge in [0.05, 0.1) is 0 Å². The van der Waals surface area contributed by atoms with Gasteiger partial charge in [-0.1, -0.05) is 121 Å². The van der Waals surface area contributed by atoms with Crippen molar-refractivity contribution in [2.45, 2.75) is 20.8 Å². The number of benzene rings is 6. The van der Waals surface area contributed by atoms with Crippen LogP contribution in [-0.2, 0) is 0 Å². The van der Waals surface area contributed by atoms with Crippen LogP contribution >= 0.6 is 0 Å². The first kappa shape index (κ1) is 21.8. The van der Waals surface area contributed by atoms with Gasteiger partial charge in [0.15, 0.2) is 0 Å². The molecule has 6 aromatic rings. The van der Waals surface area contributed by atoms with Crippen molar-refractivity contribution >= 4 is 10.8 Å². The summed E-state index contributed by atoms with van der Waals surface area (Å²) in [7, 11) is 0. The van der Waals surface area contributed by atoms with Crippen LogP contribution in [0.15, 0.2) is 115 Å². The SMILES string of the molecule is Cc1ccc2c(c1)-c1cccc3c(-c4ccc(-c5cc(C)c(-c6ccccc6)cc5C)cc4)ccc-2c13.